The second-order valence-corrected chi connectivity index (χ2v) is 4.79. The summed E-state index contributed by atoms with van der Waals surface area (Å²) in [6, 6.07) is 9.51. The molecule has 0 aliphatic heterocycles. The van der Waals surface area contributed by atoms with E-state index in [4.69, 9.17) is 11.5 Å². The van der Waals surface area contributed by atoms with Gasteiger partial charge in [0.2, 0.25) is 5.95 Å². The number of unbranched alkanes of at least 4 members (excludes halogenated alkanes) is 2. The molecular formula is C17H17N5. The summed E-state index contributed by atoms with van der Waals surface area (Å²) in [5.74, 6) is 6.39. The Morgan fingerprint density at radius 1 is 1.14 bits per heavy atom. The van der Waals surface area contributed by atoms with Crippen molar-refractivity contribution in [1.29, 1.82) is 5.26 Å². The molecule has 5 nitrogen and oxygen atoms in total. The van der Waals surface area contributed by atoms with E-state index in [9.17, 15) is 5.26 Å². The number of nitrogen functional groups attached to an aromatic ring is 2. The minimum Gasteiger partial charge on any atom is -0.382 e. The van der Waals surface area contributed by atoms with Crippen molar-refractivity contribution in [2.45, 2.75) is 26.2 Å². The van der Waals surface area contributed by atoms with Gasteiger partial charge >= 0.3 is 0 Å². The highest BCUT2D eigenvalue weighted by atomic mass is 15.0. The number of nitrogens with zero attached hydrogens (tertiary/aromatic N) is 3. The van der Waals surface area contributed by atoms with Gasteiger partial charge in [0, 0.05) is 17.5 Å². The lowest BCUT2D eigenvalue weighted by Crippen LogP contribution is -2.04. The average Bonchev–Trinajstić information content (AvgIpc) is 2.51. The van der Waals surface area contributed by atoms with Crippen molar-refractivity contribution in [2.24, 2.45) is 0 Å². The van der Waals surface area contributed by atoms with Crippen LogP contribution in [0.4, 0.5) is 11.8 Å². The van der Waals surface area contributed by atoms with E-state index in [0.29, 0.717) is 5.69 Å². The monoisotopic (exact) mass is 291 g/mol. The van der Waals surface area contributed by atoms with Gasteiger partial charge in [-0.25, -0.2) is 4.98 Å². The van der Waals surface area contributed by atoms with Gasteiger partial charge in [-0.3, -0.25) is 0 Å². The number of nitriles is 1. The molecule has 1 aromatic heterocycles. The first-order valence-electron chi connectivity index (χ1n) is 7.08. The van der Waals surface area contributed by atoms with Crippen molar-refractivity contribution < 1.29 is 0 Å². The van der Waals surface area contributed by atoms with Gasteiger partial charge in [0.05, 0.1) is 5.69 Å². The maximum atomic E-state index is 9.20. The minimum atomic E-state index is 0.0509. The van der Waals surface area contributed by atoms with E-state index in [-0.39, 0.29) is 17.3 Å². The van der Waals surface area contributed by atoms with Gasteiger partial charge in [0.15, 0.2) is 0 Å². The van der Waals surface area contributed by atoms with Crippen molar-refractivity contribution in [3.05, 3.63) is 35.4 Å². The van der Waals surface area contributed by atoms with Crippen LogP contribution in [0.5, 0.6) is 0 Å². The topological polar surface area (TPSA) is 102 Å². The summed E-state index contributed by atoms with van der Waals surface area (Å²) >= 11 is 0. The van der Waals surface area contributed by atoms with Crippen molar-refractivity contribution in [2.75, 3.05) is 11.5 Å². The third-order valence-electron chi connectivity index (χ3n) is 3.11. The molecule has 4 N–H and O–H groups in total. The lowest BCUT2D eigenvalue weighted by Gasteiger charge is -2.06. The molecule has 0 saturated carbocycles. The van der Waals surface area contributed by atoms with E-state index in [0.717, 1.165) is 30.4 Å². The molecule has 0 spiro atoms. The van der Waals surface area contributed by atoms with Crippen LogP contribution in [0.2, 0.25) is 0 Å². The van der Waals surface area contributed by atoms with E-state index in [1.54, 1.807) is 0 Å². The van der Waals surface area contributed by atoms with Crippen molar-refractivity contribution >= 4 is 11.8 Å². The van der Waals surface area contributed by atoms with Crippen LogP contribution >= 0.6 is 0 Å². The smallest absolute Gasteiger partial charge is 0.222 e. The molecule has 0 bridgehead atoms. The SMILES string of the molecule is CCCCC#Cc1ccc(-c2nc(N)nc(N)c2C#N)cc1. The van der Waals surface area contributed by atoms with E-state index >= 15 is 0 Å². The Bertz CT molecular complexity index is 761. The highest BCUT2D eigenvalue weighted by Crippen LogP contribution is 2.25. The largest absolute Gasteiger partial charge is 0.382 e. The highest BCUT2D eigenvalue weighted by Gasteiger charge is 2.12. The molecule has 2 aromatic rings. The molecule has 0 unspecified atom stereocenters. The lowest BCUT2D eigenvalue weighted by atomic mass is 10.0. The Labute approximate surface area is 130 Å². The van der Waals surface area contributed by atoms with E-state index in [1.165, 1.54) is 0 Å². The molecule has 22 heavy (non-hydrogen) atoms. The van der Waals surface area contributed by atoms with Gasteiger partial charge in [0.1, 0.15) is 17.5 Å². The van der Waals surface area contributed by atoms with Gasteiger partial charge in [-0.2, -0.15) is 10.2 Å². The highest BCUT2D eigenvalue weighted by molar-refractivity contribution is 5.73. The maximum Gasteiger partial charge on any atom is 0.222 e. The van der Waals surface area contributed by atoms with Gasteiger partial charge in [0.25, 0.3) is 0 Å². The van der Waals surface area contributed by atoms with Crippen LogP contribution in [0.1, 0.15) is 37.3 Å². The molecule has 5 heteroatoms. The zero-order valence-corrected chi connectivity index (χ0v) is 12.4. The normalized spacial score (nSPS) is 9.64. The molecule has 1 heterocycles. The molecule has 2 rings (SSSR count). The molecule has 0 aliphatic rings. The van der Waals surface area contributed by atoms with Crippen molar-refractivity contribution in [1.82, 2.24) is 9.97 Å². The summed E-state index contributed by atoms with van der Waals surface area (Å²) in [5, 5.41) is 9.20. The first-order chi connectivity index (χ1) is 10.7. The van der Waals surface area contributed by atoms with Gasteiger partial charge < -0.3 is 11.5 Å². The quantitative estimate of drug-likeness (QED) is 0.668. The molecule has 0 fully saturated rings. The number of hydrogen-bond donors (Lipinski definition) is 2. The minimum absolute atomic E-state index is 0.0509. The second kappa shape index (κ2) is 7.10. The Balaban J connectivity index is 2.31. The van der Waals surface area contributed by atoms with Gasteiger partial charge in [-0.05, 0) is 18.6 Å². The molecule has 1 aromatic carbocycles. The zero-order valence-electron chi connectivity index (χ0n) is 12.4. The first-order valence-corrected chi connectivity index (χ1v) is 7.08. The van der Waals surface area contributed by atoms with Crippen LogP contribution in [0, 0.1) is 23.2 Å². The third kappa shape index (κ3) is 3.53. The third-order valence-corrected chi connectivity index (χ3v) is 3.11. The van der Waals surface area contributed by atoms with Crippen LogP contribution in [0.15, 0.2) is 24.3 Å². The molecule has 0 atom stereocenters. The molecular weight excluding hydrogens is 274 g/mol. The predicted molar refractivity (Wildman–Crippen MR) is 87.4 cm³/mol. The van der Waals surface area contributed by atoms with Crippen molar-refractivity contribution in [3.8, 4) is 29.2 Å². The van der Waals surface area contributed by atoms with E-state index < -0.39 is 0 Å². The Morgan fingerprint density at radius 2 is 1.86 bits per heavy atom. The fourth-order valence-electron chi connectivity index (χ4n) is 1.96. The van der Waals surface area contributed by atoms with Crippen LogP contribution in [0.3, 0.4) is 0 Å². The Morgan fingerprint density at radius 3 is 2.50 bits per heavy atom. The molecule has 110 valence electrons. The van der Waals surface area contributed by atoms with Crippen LogP contribution in [-0.4, -0.2) is 9.97 Å². The van der Waals surface area contributed by atoms with Crippen molar-refractivity contribution in [3.63, 3.8) is 0 Å². The fraction of sp³-hybridized carbons (Fsp3) is 0.235. The van der Waals surface area contributed by atoms with Gasteiger partial charge in [-0.1, -0.05) is 37.3 Å². The molecule has 0 amide bonds. The lowest BCUT2D eigenvalue weighted by molar-refractivity contribution is 0.828. The zero-order chi connectivity index (χ0) is 15.9. The van der Waals surface area contributed by atoms with Crippen LogP contribution in [-0.2, 0) is 0 Å². The van der Waals surface area contributed by atoms with E-state index in [1.807, 2.05) is 30.3 Å². The molecule has 0 saturated heterocycles. The summed E-state index contributed by atoms with van der Waals surface area (Å²) in [7, 11) is 0. The van der Waals surface area contributed by atoms with Crippen LogP contribution in [0.25, 0.3) is 11.3 Å². The fourth-order valence-corrected chi connectivity index (χ4v) is 1.96. The second-order valence-electron chi connectivity index (χ2n) is 4.79. The molecule has 0 aliphatic carbocycles. The first kappa shape index (κ1) is 15.3. The Hall–Kier alpha value is -3.05. The maximum absolute atomic E-state index is 9.20. The summed E-state index contributed by atoms with van der Waals surface area (Å²) in [6.07, 6.45) is 3.15. The predicted octanol–water partition coefficient (Wildman–Crippen LogP) is 2.72. The average molecular weight is 291 g/mol. The summed E-state index contributed by atoms with van der Waals surface area (Å²) in [4.78, 5) is 7.93. The Kier molecular flexibility index (Phi) is 4.95. The van der Waals surface area contributed by atoms with Gasteiger partial charge in [-0.15, -0.1) is 0 Å². The van der Waals surface area contributed by atoms with E-state index in [2.05, 4.69) is 28.7 Å². The summed E-state index contributed by atoms with van der Waals surface area (Å²) < 4.78 is 0. The number of rotatable bonds is 3. The molecule has 0 radical (unpaired) electrons. The summed E-state index contributed by atoms with van der Waals surface area (Å²) in [6.45, 7) is 2.14. The summed E-state index contributed by atoms with van der Waals surface area (Å²) in [5.41, 5.74) is 13.7. The number of anilines is 2. The number of aromatic nitrogens is 2. The number of hydrogen-bond acceptors (Lipinski definition) is 5. The number of benzene rings is 1. The van der Waals surface area contributed by atoms with Crippen LogP contribution < -0.4 is 11.5 Å². The number of nitrogens with two attached hydrogens (primary N) is 2. The standard InChI is InChI=1S/C17H17N5/c1-2-3-4-5-6-12-7-9-13(10-8-12)15-14(11-18)16(19)22-17(20)21-15/h7-10H,2-4H2,1H3,(H4,19,20,21,22).